The van der Waals surface area contributed by atoms with Gasteiger partial charge in [0.05, 0.1) is 13.9 Å². The third kappa shape index (κ3) is 1.38. The summed E-state index contributed by atoms with van der Waals surface area (Å²) in [6.45, 7) is 0. The zero-order valence-corrected chi connectivity index (χ0v) is 13.5. The van der Waals surface area contributed by atoms with Gasteiger partial charge in [0.2, 0.25) is 11.4 Å². The summed E-state index contributed by atoms with van der Waals surface area (Å²) >= 11 is 0. The van der Waals surface area contributed by atoms with Gasteiger partial charge in [-0.15, -0.1) is 9.13 Å². The highest BCUT2D eigenvalue weighted by molar-refractivity contribution is 5.73. The minimum atomic E-state index is -0.529. The average Bonchev–Trinajstić information content (AvgIpc) is 3.14. The zero-order chi connectivity index (χ0) is 18.2. The molecule has 2 aromatic heterocycles. The smallest absolute Gasteiger partial charge is 0.126 e. The summed E-state index contributed by atoms with van der Waals surface area (Å²) < 4.78 is 20.9. The van der Waals surface area contributed by atoms with Crippen molar-refractivity contribution < 1.29 is 11.9 Å². The van der Waals surface area contributed by atoms with E-state index in [0.29, 0.717) is 12.1 Å². The number of fused-ring (bicyclic) bond motifs is 10. The van der Waals surface area contributed by atoms with Gasteiger partial charge in [-0.05, 0) is 36.4 Å². The van der Waals surface area contributed by atoms with Crippen molar-refractivity contribution in [2.75, 3.05) is 0 Å². The molecule has 0 N–H and O–H groups in total. The lowest BCUT2D eigenvalue weighted by atomic mass is 9.90. The lowest BCUT2D eigenvalue weighted by Crippen LogP contribution is -2.71. The highest BCUT2D eigenvalue weighted by atomic mass is 15.3. The number of hydrogen-bond donors (Lipinski definition) is 0. The third-order valence-corrected chi connectivity index (χ3v) is 5.45. The van der Waals surface area contributed by atoms with Gasteiger partial charge in [-0.25, -0.2) is 0 Å². The lowest BCUT2D eigenvalue weighted by molar-refractivity contribution is -0.955. The third-order valence-electron chi connectivity index (χ3n) is 5.45. The van der Waals surface area contributed by atoms with Gasteiger partial charge in [-0.1, -0.05) is 24.2 Å². The van der Waals surface area contributed by atoms with Gasteiger partial charge < -0.3 is 0 Å². The van der Waals surface area contributed by atoms with Crippen molar-refractivity contribution in [1.82, 2.24) is 0 Å². The quantitative estimate of drug-likeness (QED) is 0.378. The maximum atomic E-state index is 8.14. The van der Waals surface area contributed by atoms with E-state index in [0.717, 1.165) is 22.5 Å². The molecule has 0 unspecified atom stereocenters. The van der Waals surface area contributed by atoms with Gasteiger partial charge in [0, 0.05) is 24.3 Å². The molecule has 4 aromatic rings. The zero-order valence-electron chi connectivity index (χ0n) is 15.5. The Morgan fingerprint density at radius 1 is 0.600 bits per heavy atom. The molecule has 4 heterocycles. The number of rotatable bonds is 0. The van der Waals surface area contributed by atoms with E-state index in [1.807, 2.05) is 36.4 Å². The fraction of sp³-hybridized carbons (Fsp3) is 0.0435. The molecule has 2 heteroatoms. The molecule has 0 saturated carbocycles. The van der Waals surface area contributed by atoms with Crippen LogP contribution in [-0.4, -0.2) is 0 Å². The second-order valence-electron chi connectivity index (χ2n) is 6.53. The Kier molecular flexibility index (Phi) is 2.00. The molecule has 0 fully saturated rings. The molecule has 0 amide bonds. The van der Waals surface area contributed by atoms with Crippen LogP contribution >= 0.6 is 0 Å². The molecule has 25 heavy (non-hydrogen) atoms. The van der Waals surface area contributed by atoms with Gasteiger partial charge in [-0.2, -0.15) is 0 Å². The fourth-order valence-electron chi connectivity index (χ4n) is 4.56. The van der Waals surface area contributed by atoms with Crippen molar-refractivity contribution in [2.45, 2.75) is 5.66 Å². The van der Waals surface area contributed by atoms with E-state index in [2.05, 4.69) is 57.9 Å². The molecule has 2 aliphatic heterocycles. The molecular formula is C23H16N2+2. The van der Waals surface area contributed by atoms with Crippen LogP contribution in [-0.2, 0) is 5.66 Å². The van der Waals surface area contributed by atoms with Crippen LogP contribution in [0.25, 0.3) is 22.5 Å². The van der Waals surface area contributed by atoms with Crippen LogP contribution in [0.2, 0.25) is 0 Å². The van der Waals surface area contributed by atoms with Crippen molar-refractivity contribution in [3.8, 4) is 22.5 Å². The number of benzene rings is 2. The van der Waals surface area contributed by atoms with Gasteiger partial charge in [-0.3, -0.25) is 0 Å². The molecule has 2 aliphatic rings. The topological polar surface area (TPSA) is 7.76 Å². The Hall–Kier alpha value is -3.26. The summed E-state index contributed by atoms with van der Waals surface area (Å²) in [5.41, 5.74) is 6.19. The van der Waals surface area contributed by atoms with Gasteiger partial charge in [0.1, 0.15) is 11.1 Å². The summed E-state index contributed by atoms with van der Waals surface area (Å²) in [6.07, 6.45) is 4.23. The van der Waals surface area contributed by atoms with Gasteiger partial charge in [0.15, 0.2) is 12.4 Å². The Morgan fingerprint density at radius 2 is 1.12 bits per heavy atom. The number of aromatic nitrogens is 2. The molecule has 0 radical (unpaired) electrons. The van der Waals surface area contributed by atoms with Crippen LogP contribution in [0.15, 0.2) is 97.3 Å². The van der Waals surface area contributed by atoms with Crippen molar-refractivity contribution in [3.05, 3.63) is 108 Å². The maximum absolute atomic E-state index is 8.14. The van der Waals surface area contributed by atoms with Crippen LogP contribution in [0.3, 0.4) is 0 Å². The van der Waals surface area contributed by atoms with Gasteiger partial charge >= 0.3 is 5.66 Å². The van der Waals surface area contributed by atoms with Crippen molar-refractivity contribution in [2.24, 2.45) is 0 Å². The van der Waals surface area contributed by atoms with Gasteiger partial charge in [0.25, 0.3) is 0 Å². The van der Waals surface area contributed by atoms with Crippen LogP contribution in [0, 0.1) is 0 Å². The van der Waals surface area contributed by atoms with Crippen molar-refractivity contribution in [1.29, 1.82) is 0 Å². The summed E-state index contributed by atoms with van der Waals surface area (Å²) in [7, 11) is 0. The van der Waals surface area contributed by atoms with E-state index in [1.54, 1.807) is 0 Å². The Bertz CT molecular complexity index is 1160. The van der Waals surface area contributed by atoms with Crippen LogP contribution < -0.4 is 9.13 Å². The minimum Gasteiger partial charge on any atom is -0.126 e. The highest BCUT2D eigenvalue weighted by Gasteiger charge is 2.66. The van der Waals surface area contributed by atoms with Crippen LogP contribution in [0.1, 0.15) is 13.9 Å². The first-order valence-electron chi connectivity index (χ1n) is 9.46. The van der Waals surface area contributed by atoms with E-state index in [4.69, 9.17) is 2.74 Å². The van der Waals surface area contributed by atoms with Crippen LogP contribution in [0.5, 0.6) is 0 Å². The SMILES string of the molecule is [3H]c1ccc2c(c1)-c1cccc[n+]1C21c2ccc([3H])cc2-c2cccc[n+]21. The standard InChI is InChI=1S/C23H16N2/c1-3-11-19-17(9-1)21-13-5-7-15-24(21)23(19)20-12-4-2-10-18(20)22-14-6-8-16-25(22)23/h1-16H/q+2/i1T,2T. The summed E-state index contributed by atoms with van der Waals surface area (Å²) in [5, 5.41) is 0. The second-order valence-corrected chi connectivity index (χ2v) is 6.53. The normalized spacial score (nSPS) is 15.8. The molecule has 0 atom stereocenters. The molecule has 0 bridgehead atoms. The Labute approximate surface area is 149 Å². The fourth-order valence-corrected chi connectivity index (χ4v) is 4.56. The minimum absolute atomic E-state index is 0.513. The van der Waals surface area contributed by atoms with E-state index < -0.39 is 5.66 Å². The summed E-state index contributed by atoms with van der Waals surface area (Å²) in [4.78, 5) is 0. The summed E-state index contributed by atoms with van der Waals surface area (Å²) in [5.74, 6) is 0. The average molecular weight is 324 g/mol. The predicted octanol–water partition coefficient (Wildman–Crippen LogP) is 3.52. The first-order valence-corrected chi connectivity index (χ1v) is 8.46. The molecule has 0 saturated heterocycles. The lowest BCUT2D eigenvalue weighted by Gasteiger charge is -2.16. The van der Waals surface area contributed by atoms with E-state index in [1.165, 1.54) is 11.1 Å². The highest BCUT2D eigenvalue weighted by Crippen LogP contribution is 2.46. The van der Waals surface area contributed by atoms with Crippen molar-refractivity contribution >= 4 is 0 Å². The Morgan fingerprint density at radius 3 is 1.64 bits per heavy atom. The monoisotopic (exact) mass is 324 g/mol. The van der Waals surface area contributed by atoms with E-state index in [9.17, 15) is 0 Å². The molecule has 2 nitrogen and oxygen atoms in total. The molecule has 116 valence electrons. The Balaban J connectivity index is 1.86. The maximum Gasteiger partial charge on any atom is 0.417 e. The molecule has 2 aromatic carbocycles. The first-order chi connectivity index (χ1) is 13.2. The predicted molar refractivity (Wildman–Crippen MR) is 95.7 cm³/mol. The van der Waals surface area contributed by atoms with E-state index in [-0.39, 0.29) is 0 Å². The number of nitrogens with zero attached hydrogens (tertiary/aromatic N) is 2. The summed E-state index contributed by atoms with van der Waals surface area (Å²) in [6, 6.07) is 25.3. The number of pyridine rings is 2. The molecule has 0 aliphatic carbocycles. The largest absolute Gasteiger partial charge is 0.417 e. The first kappa shape index (κ1) is 11.3. The molecule has 1 spiro atoms. The van der Waals surface area contributed by atoms with Crippen LogP contribution in [0.4, 0.5) is 0 Å². The molecular weight excluding hydrogens is 304 g/mol. The van der Waals surface area contributed by atoms with E-state index >= 15 is 0 Å². The molecule has 6 rings (SSSR count). The second kappa shape index (κ2) is 4.42. The number of hydrogen-bond acceptors (Lipinski definition) is 0. The van der Waals surface area contributed by atoms with Crippen molar-refractivity contribution in [3.63, 3.8) is 0 Å².